The van der Waals surface area contributed by atoms with Crippen LogP contribution >= 0.6 is 0 Å². The van der Waals surface area contributed by atoms with Crippen LogP contribution in [0.3, 0.4) is 0 Å². The maximum Gasteiger partial charge on any atom is 0.325 e. The van der Waals surface area contributed by atoms with Gasteiger partial charge in [0.15, 0.2) is 0 Å². The van der Waals surface area contributed by atoms with Crippen molar-refractivity contribution in [3.8, 4) is 0 Å². The minimum atomic E-state index is -0.344. The van der Waals surface area contributed by atoms with Crippen LogP contribution in [0, 0.1) is 5.92 Å². The lowest BCUT2D eigenvalue weighted by Crippen LogP contribution is -2.56. The summed E-state index contributed by atoms with van der Waals surface area (Å²) < 4.78 is 4.70. The van der Waals surface area contributed by atoms with Crippen LogP contribution < -0.4 is 5.32 Å². The monoisotopic (exact) mass is 296 g/mol. The van der Waals surface area contributed by atoms with Crippen LogP contribution in [0.1, 0.15) is 51.9 Å². The molecule has 0 radical (unpaired) electrons. The Balaban J connectivity index is 1.94. The molecule has 0 spiro atoms. The quantitative estimate of drug-likeness (QED) is 0.785. The molecule has 3 unspecified atom stereocenters. The third-order valence-electron chi connectivity index (χ3n) is 4.80. The van der Waals surface area contributed by atoms with Gasteiger partial charge in [-0.1, -0.05) is 19.8 Å². The first-order chi connectivity index (χ1) is 10.2. The lowest BCUT2D eigenvalue weighted by molar-refractivity contribution is -0.148. The van der Waals surface area contributed by atoms with Gasteiger partial charge in [-0.2, -0.15) is 0 Å². The molecule has 2 aliphatic rings. The SMILES string of the molecule is CCCN(CC(=O)OC)C(=O)C1CCC2CCCCC2N1. The number of methoxy groups -OCH3 is 1. The summed E-state index contributed by atoms with van der Waals surface area (Å²) in [5.41, 5.74) is 0. The van der Waals surface area contributed by atoms with E-state index in [0.717, 1.165) is 25.2 Å². The van der Waals surface area contributed by atoms with Crippen molar-refractivity contribution in [3.63, 3.8) is 0 Å². The van der Waals surface area contributed by atoms with E-state index in [1.807, 2.05) is 6.92 Å². The van der Waals surface area contributed by atoms with Crippen molar-refractivity contribution in [2.45, 2.75) is 64.0 Å². The van der Waals surface area contributed by atoms with Gasteiger partial charge < -0.3 is 15.0 Å². The Morgan fingerprint density at radius 1 is 1.19 bits per heavy atom. The highest BCUT2D eigenvalue weighted by Crippen LogP contribution is 2.32. The molecule has 5 nitrogen and oxygen atoms in total. The highest BCUT2D eigenvalue weighted by Gasteiger charge is 2.36. The highest BCUT2D eigenvalue weighted by atomic mass is 16.5. The molecule has 0 aromatic heterocycles. The van der Waals surface area contributed by atoms with Gasteiger partial charge in [-0.3, -0.25) is 9.59 Å². The van der Waals surface area contributed by atoms with Crippen LogP contribution in [-0.2, 0) is 14.3 Å². The van der Waals surface area contributed by atoms with Crippen LogP contribution in [0.4, 0.5) is 0 Å². The number of fused-ring (bicyclic) bond motifs is 1. The Hall–Kier alpha value is -1.10. The summed E-state index contributed by atoms with van der Waals surface area (Å²) in [7, 11) is 1.36. The summed E-state index contributed by atoms with van der Waals surface area (Å²) in [6.07, 6.45) is 7.93. The predicted octanol–water partition coefficient (Wildman–Crippen LogP) is 1.71. The van der Waals surface area contributed by atoms with Crippen molar-refractivity contribution in [2.24, 2.45) is 5.92 Å². The minimum Gasteiger partial charge on any atom is -0.468 e. The Morgan fingerprint density at radius 2 is 1.95 bits per heavy atom. The van der Waals surface area contributed by atoms with Gasteiger partial charge in [0.1, 0.15) is 6.54 Å². The number of piperidine rings is 1. The maximum atomic E-state index is 12.7. The molecule has 120 valence electrons. The molecule has 5 heteroatoms. The number of ether oxygens (including phenoxy) is 1. The second kappa shape index (κ2) is 7.78. The van der Waals surface area contributed by atoms with Crippen molar-refractivity contribution < 1.29 is 14.3 Å². The van der Waals surface area contributed by atoms with Crippen LogP contribution in [0.25, 0.3) is 0 Å². The lowest BCUT2D eigenvalue weighted by Gasteiger charge is -2.41. The maximum absolute atomic E-state index is 12.7. The van der Waals surface area contributed by atoms with E-state index in [2.05, 4.69) is 5.32 Å². The Morgan fingerprint density at radius 3 is 2.67 bits per heavy atom. The number of carbonyl (C=O) groups is 2. The second-order valence-electron chi connectivity index (χ2n) is 6.28. The summed E-state index contributed by atoms with van der Waals surface area (Å²) >= 11 is 0. The molecular weight excluding hydrogens is 268 g/mol. The van der Waals surface area contributed by atoms with Gasteiger partial charge in [-0.25, -0.2) is 0 Å². The molecule has 1 heterocycles. The summed E-state index contributed by atoms with van der Waals surface area (Å²) in [6, 6.07) is 0.364. The number of nitrogens with zero attached hydrogens (tertiary/aromatic N) is 1. The van der Waals surface area contributed by atoms with Crippen molar-refractivity contribution in [2.75, 3.05) is 20.2 Å². The fraction of sp³-hybridized carbons (Fsp3) is 0.875. The molecule has 3 atom stereocenters. The Bertz CT molecular complexity index is 373. The van der Waals surface area contributed by atoms with E-state index < -0.39 is 0 Å². The number of nitrogens with one attached hydrogen (secondary N) is 1. The van der Waals surface area contributed by atoms with Crippen molar-refractivity contribution in [1.29, 1.82) is 0 Å². The molecule has 0 bridgehead atoms. The average molecular weight is 296 g/mol. The topological polar surface area (TPSA) is 58.6 Å². The van der Waals surface area contributed by atoms with Gasteiger partial charge in [0.2, 0.25) is 5.91 Å². The van der Waals surface area contributed by atoms with Crippen LogP contribution in [0.2, 0.25) is 0 Å². The summed E-state index contributed by atoms with van der Waals surface area (Å²) in [4.78, 5) is 25.8. The van der Waals surface area contributed by atoms with Crippen molar-refractivity contribution >= 4 is 11.9 Å². The first kappa shape index (κ1) is 16.3. The van der Waals surface area contributed by atoms with E-state index in [1.165, 1.54) is 32.8 Å². The molecule has 0 aromatic carbocycles. The van der Waals surface area contributed by atoms with E-state index in [0.29, 0.717) is 12.6 Å². The molecule has 1 N–H and O–H groups in total. The van der Waals surface area contributed by atoms with Crippen LogP contribution in [-0.4, -0.2) is 49.1 Å². The van der Waals surface area contributed by atoms with Crippen molar-refractivity contribution in [3.05, 3.63) is 0 Å². The molecule has 2 fully saturated rings. The van der Waals surface area contributed by atoms with Gasteiger partial charge in [0.25, 0.3) is 0 Å². The number of hydrogen-bond acceptors (Lipinski definition) is 4. The fourth-order valence-corrected chi connectivity index (χ4v) is 3.67. The number of hydrogen-bond donors (Lipinski definition) is 1. The van der Waals surface area contributed by atoms with Gasteiger partial charge in [-0.15, -0.1) is 0 Å². The third kappa shape index (κ3) is 4.19. The zero-order valence-electron chi connectivity index (χ0n) is 13.3. The van der Waals surface area contributed by atoms with Crippen LogP contribution in [0.15, 0.2) is 0 Å². The number of rotatable bonds is 5. The lowest BCUT2D eigenvalue weighted by atomic mass is 9.77. The molecule has 21 heavy (non-hydrogen) atoms. The molecular formula is C16H28N2O3. The van der Waals surface area contributed by atoms with E-state index >= 15 is 0 Å². The fourth-order valence-electron chi connectivity index (χ4n) is 3.67. The summed E-state index contributed by atoms with van der Waals surface area (Å²) in [5.74, 6) is 0.456. The van der Waals surface area contributed by atoms with Crippen molar-refractivity contribution in [1.82, 2.24) is 10.2 Å². The smallest absolute Gasteiger partial charge is 0.325 e. The minimum absolute atomic E-state index is 0.0614. The Kier molecular flexibility index (Phi) is 6.03. The summed E-state index contributed by atoms with van der Waals surface area (Å²) in [6.45, 7) is 2.69. The van der Waals surface area contributed by atoms with E-state index in [9.17, 15) is 9.59 Å². The standard InChI is InChI=1S/C16H28N2O3/c1-3-10-18(11-15(19)21-2)16(20)14-9-8-12-6-4-5-7-13(12)17-14/h12-14,17H,3-11H2,1-2H3. The molecule has 1 aliphatic heterocycles. The first-order valence-corrected chi connectivity index (χ1v) is 8.27. The third-order valence-corrected chi connectivity index (χ3v) is 4.80. The second-order valence-corrected chi connectivity index (χ2v) is 6.28. The molecule has 1 aliphatic carbocycles. The average Bonchev–Trinajstić information content (AvgIpc) is 2.53. The van der Waals surface area contributed by atoms with E-state index in [-0.39, 0.29) is 24.5 Å². The molecule has 1 saturated carbocycles. The normalized spacial score (nSPS) is 28.6. The molecule has 0 aromatic rings. The van der Waals surface area contributed by atoms with Gasteiger partial charge >= 0.3 is 5.97 Å². The number of amides is 1. The van der Waals surface area contributed by atoms with E-state index in [4.69, 9.17) is 4.74 Å². The van der Waals surface area contributed by atoms with E-state index in [1.54, 1.807) is 4.90 Å². The predicted molar refractivity (Wildman–Crippen MR) is 80.8 cm³/mol. The van der Waals surface area contributed by atoms with Gasteiger partial charge in [0, 0.05) is 12.6 Å². The molecule has 1 amide bonds. The number of esters is 1. The molecule has 1 saturated heterocycles. The first-order valence-electron chi connectivity index (χ1n) is 8.27. The zero-order valence-corrected chi connectivity index (χ0v) is 13.3. The largest absolute Gasteiger partial charge is 0.468 e. The summed E-state index contributed by atoms with van der Waals surface area (Å²) in [5, 5.41) is 3.54. The highest BCUT2D eigenvalue weighted by molar-refractivity contribution is 5.86. The Labute approximate surface area is 127 Å². The van der Waals surface area contributed by atoms with Crippen LogP contribution in [0.5, 0.6) is 0 Å². The van der Waals surface area contributed by atoms with Gasteiger partial charge in [0.05, 0.1) is 13.2 Å². The van der Waals surface area contributed by atoms with Gasteiger partial charge in [-0.05, 0) is 38.0 Å². The molecule has 2 rings (SSSR count). The zero-order chi connectivity index (χ0) is 15.2. The number of carbonyl (C=O) groups excluding carboxylic acids is 2.